The summed E-state index contributed by atoms with van der Waals surface area (Å²) >= 11 is 3.42. The van der Waals surface area contributed by atoms with Crippen molar-refractivity contribution in [3.05, 3.63) is 64.0 Å². The molecule has 178 valence electrons. The molecule has 0 spiro atoms. The van der Waals surface area contributed by atoms with E-state index in [9.17, 15) is 9.59 Å². The van der Waals surface area contributed by atoms with E-state index in [1.54, 1.807) is 25.1 Å². The van der Waals surface area contributed by atoms with Crippen LogP contribution in [0.25, 0.3) is 11.4 Å². The van der Waals surface area contributed by atoms with E-state index >= 15 is 0 Å². The largest absolute Gasteiger partial charge is 0.462 e. The molecule has 1 aliphatic heterocycles. The first-order chi connectivity index (χ1) is 16.4. The summed E-state index contributed by atoms with van der Waals surface area (Å²) in [5.74, 6) is 0.712. The SMILES string of the molecule is CCOC(=O)c1ccc(NC(=O)C2CCN(Cc3nc(-c4ccc(Br)cc4)no3)CC2)c(C)c1. The van der Waals surface area contributed by atoms with E-state index in [2.05, 4.69) is 36.3 Å². The van der Waals surface area contributed by atoms with Crippen LogP contribution in [0.5, 0.6) is 0 Å². The minimum absolute atomic E-state index is 0.00181. The van der Waals surface area contributed by atoms with E-state index in [1.165, 1.54) is 0 Å². The van der Waals surface area contributed by atoms with Gasteiger partial charge in [-0.05, 0) is 87.8 Å². The Kier molecular flexibility index (Phi) is 7.74. The maximum atomic E-state index is 12.8. The van der Waals surface area contributed by atoms with Crippen molar-refractivity contribution in [2.45, 2.75) is 33.2 Å². The molecule has 1 amide bonds. The molecule has 0 unspecified atom stereocenters. The molecule has 1 saturated heterocycles. The molecule has 34 heavy (non-hydrogen) atoms. The molecule has 1 fully saturated rings. The Labute approximate surface area is 206 Å². The lowest BCUT2D eigenvalue weighted by Crippen LogP contribution is -2.37. The van der Waals surface area contributed by atoms with Crippen LogP contribution >= 0.6 is 15.9 Å². The number of hydrogen-bond donors (Lipinski definition) is 1. The molecule has 2 aromatic carbocycles. The van der Waals surface area contributed by atoms with Gasteiger partial charge < -0.3 is 14.6 Å². The van der Waals surface area contributed by atoms with E-state index < -0.39 is 0 Å². The first-order valence-electron chi connectivity index (χ1n) is 11.3. The third-order valence-electron chi connectivity index (χ3n) is 5.88. The van der Waals surface area contributed by atoms with Crippen LogP contribution in [0, 0.1) is 12.8 Å². The number of carbonyl (C=O) groups excluding carboxylic acids is 2. The minimum atomic E-state index is -0.360. The number of halogens is 1. The molecular formula is C25H27BrN4O4. The number of esters is 1. The molecule has 4 rings (SSSR count). The second-order valence-corrected chi connectivity index (χ2v) is 9.22. The van der Waals surface area contributed by atoms with Crippen LogP contribution in [0.4, 0.5) is 5.69 Å². The van der Waals surface area contributed by atoms with Crippen LogP contribution in [0.3, 0.4) is 0 Å². The van der Waals surface area contributed by atoms with Gasteiger partial charge in [-0.1, -0.05) is 21.1 Å². The number of carbonyl (C=O) groups is 2. The Balaban J connectivity index is 1.28. The van der Waals surface area contributed by atoms with E-state index in [1.807, 2.05) is 31.2 Å². The highest BCUT2D eigenvalue weighted by Crippen LogP contribution is 2.24. The third kappa shape index (κ3) is 5.90. The lowest BCUT2D eigenvalue weighted by atomic mass is 9.95. The number of nitrogens with zero attached hydrogens (tertiary/aromatic N) is 3. The van der Waals surface area contributed by atoms with Gasteiger partial charge in [-0.3, -0.25) is 9.69 Å². The zero-order chi connectivity index (χ0) is 24.1. The van der Waals surface area contributed by atoms with Gasteiger partial charge in [-0.2, -0.15) is 4.98 Å². The molecule has 8 nitrogen and oxygen atoms in total. The van der Waals surface area contributed by atoms with Gasteiger partial charge >= 0.3 is 5.97 Å². The van der Waals surface area contributed by atoms with Gasteiger partial charge in [0.25, 0.3) is 0 Å². The fourth-order valence-electron chi connectivity index (χ4n) is 3.96. The number of piperidine rings is 1. The van der Waals surface area contributed by atoms with Gasteiger partial charge in [-0.25, -0.2) is 4.79 Å². The smallest absolute Gasteiger partial charge is 0.338 e. The standard InChI is InChI=1S/C25H27BrN4O4/c1-3-33-25(32)19-6-9-21(16(2)14-19)27-24(31)18-10-12-30(13-11-18)15-22-28-23(29-34-22)17-4-7-20(26)8-5-17/h4-9,14,18H,3,10-13,15H2,1-2H3,(H,27,31). The molecule has 0 bridgehead atoms. The predicted octanol–water partition coefficient (Wildman–Crippen LogP) is 4.83. The molecule has 0 atom stereocenters. The topological polar surface area (TPSA) is 97.6 Å². The third-order valence-corrected chi connectivity index (χ3v) is 6.41. The van der Waals surface area contributed by atoms with Gasteiger partial charge in [-0.15, -0.1) is 0 Å². The van der Waals surface area contributed by atoms with Crippen molar-refractivity contribution in [1.29, 1.82) is 0 Å². The fourth-order valence-corrected chi connectivity index (χ4v) is 4.22. The molecule has 1 aliphatic rings. The maximum Gasteiger partial charge on any atom is 0.338 e. The van der Waals surface area contributed by atoms with Crippen LogP contribution in [-0.2, 0) is 16.1 Å². The number of ether oxygens (including phenoxy) is 1. The molecule has 0 saturated carbocycles. The molecule has 2 heterocycles. The first-order valence-corrected chi connectivity index (χ1v) is 12.1. The van der Waals surface area contributed by atoms with Crippen molar-refractivity contribution in [3.8, 4) is 11.4 Å². The number of aromatic nitrogens is 2. The Bertz CT molecular complexity index is 1150. The fraction of sp³-hybridized carbons (Fsp3) is 0.360. The zero-order valence-electron chi connectivity index (χ0n) is 19.2. The van der Waals surface area contributed by atoms with Crippen LogP contribution in [0.2, 0.25) is 0 Å². The Hall–Kier alpha value is -3.04. The number of hydrogen-bond acceptors (Lipinski definition) is 7. The molecular weight excluding hydrogens is 500 g/mol. The molecule has 1 aromatic heterocycles. The summed E-state index contributed by atoms with van der Waals surface area (Å²) in [6.07, 6.45) is 1.50. The van der Waals surface area contributed by atoms with Crippen LogP contribution in [0.1, 0.15) is 41.6 Å². The van der Waals surface area contributed by atoms with Crippen LogP contribution in [-0.4, -0.2) is 46.6 Å². The summed E-state index contributed by atoms with van der Waals surface area (Å²) in [4.78, 5) is 31.5. The van der Waals surface area contributed by atoms with Gasteiger partial charge in [0, 0.05) is 21.6 Å². The van der Waals surface area contributed by atoms with Gasteiger partial charge in [0.1, 0.15) is 0 Å². The summed E-state index contributed by atoms with van der Waals surface area (Å²) in [7, 11) is 0. The Morgan fingerprint density at radius 2 is 1.91 bits per heavy atom. The van der Waals surface area contributed by atoms with Crippen molar-refractivity contribution in [1.82, 2.24) is 15.0 Å². The highest BCUT2D eigenvalue weighted by molar-refractivity contribution is 9.10. The number of amides is 1. The molecule has 1 N–H and O–H groups in total. The van der Waals surface area contributed by atoms with Crippen molar-refractivity contribution < 1.29 is 18.8 Å². The van der Waals surface area contributed by atoms with Gasteiger partial charge in [0.2, 0.25) is 17.6 Å². The second kappa shape index (κ2) is 10.9. The zero-order valence-corrected chi connectivity index (χ0v) is 20.8. The van der Waals surface area contributed by atoms with Crippen molar-refractivity contribution in [3.63, 3.8) is 0 Å². The Morgan fingerprint density at radius 3 is 2.59 bits per heavy atom. The van der Waals surface area contributed by atoms with Crippen molar-refractivity contribution in [2.24, 2.45) is 5.92 Å². The van der Waals surface area contributed by atoms with Crippen LogP contribution < -0.4 is 5.32 Å². The highest BCUT2D eigenvalue weighted by atomic mass is 79.9. The number of aryl methyl sites for hydroxylation is 1. The number of rotatable bonds is 7. The van der Waals surface area contributed by atoms with E-state index in [0.29, 0.717) is 36.1 Å². The van der Waals surface area contributed by atoms with Crippen molar-refractivity contribution >= 4 is 33.5 Å². The summed E-state index contributed by atoms with van der Waals surface area (Å²) < 4.78 is 11.5. The number of anilines is 1. The number of nitrogens with one attached hydrogen (secondary N) is 1. The second-order valence-electron chi connectivity index (χ2n) is 8.31. The van der Waals surface area contributed by atoms with Gasteiger partial charge in [0.05, 0.1) is 18.7 Å². The molecule has 0 radical (unpaired) electrons. The van der Waals surface area contributed by atoms with Gasteiger partial charge in [0.15, 0.2) is 0 Å². The lowest BCUT2D eigenvalue weighted by Gasteiger charge is -2.30. The van der Waals surface area contributed by atoms with E-state index in [0.717, 1.165) is 41.5 Å². The first kappa shape index (κ1) is 24.1. The lowest BCUT2D eigenvalue weighted by molar-refractivity contribution is -0.121. The normalized spacial score (nSPS) is 14.7. The highest BCUT2D eigenvalue weighted by Gasteiger charge is 2.26. The minimum Gasteiger partial charge on any atom is -0.462 e. The summed E-state index contributed by atoms with van der Waals surface area (Å²) in [5.41, 5.74) is 2.93. The summed E-state index contributed by atoms with van der Waals surface area (Å²) in [6.45, 7) is 6.08. The summed E-state index contributed by atoms with van der Waals surface area (Å²) in [6, 6.07) is 12.9. The predicted molar refractivity (Wildman–Crippen MR) is 131 cm³/mol. The van der Waals surface area contributed by atoms with E-state index in [-0.39, 0.29) is 17.8 Å². The average molecular weight is 527 g/mol. The number of likely N-dealkylation sites (tertiary alicyclic amines) is 1. The molecule has 3 aromatic rings. The Morgan fingerprint density at radius 1 is 1.18 bits per heavy atom. The molecule has 9 heteroatoms. The van der Waals surface area contributed by atoms with Crippen molar-refractivity contribution in [2.75, 3.05) is 25.0 Å². The van der Waals surface area contributed by atoms with E-state index in [4.69, 9.17) is 9.26 Å². The van der Waals surface area contributed by atoms with Crippen LogP contribution in [0.15, 0.2) is 51.5 Å². The number of benzene rings is 2. The molecule has 0 aliphatic carbocycles. The monoisotopic (exact) mass is 526 g/mol. The quantitative estimate of drug-likeness (QED) is 0.440. The summed E-state index contributed by atoms with van der Waals surface area (Å²) in [5, 5.41) is 7.10. The maximum absolute atomic E-state index is 12.8. The average Bonchev–Trinajstić information content (AvgIpc) is 3.30.